The lowest BCUT2D eigenvalue weighted by atomic mass is 9.77. The van der Waals surface area contributed by atoms with Crippen LogP contribution in [0, 0.1) is 29.6 Å². The van der Waals surface area contributed by atoms with Crippen molar-refractivity contribution in [3.8, 4) is 0 Å². The van der Waals surface area contributed by atoms with Crippen molar-refractivity contribution in [1.29, 1.82) is 0 Å². The summed E-state index contributed by atoms with van der Waals surface area (Å²) in [7, 11) is 0. The number of hydrogen-bond donors (Lipinski definition) is 0. The summed E-state index contributed by atoms with van der Waals surface area (Å²) in [6.45, 7) is 7.25. The Morgan fingerprint density at radius 1 is 0.778 bits per heavy atom. The van der Waals surface area contributed by atoms with Crippen LogP contribution in [-0.4, -0.2) is 12.7 Å². The molecule has 0 radical (unpaired) electrons. The quantitative estimate of drug-likeness (QED) is 0.313. The molecular weight excluding hydrogens is 328 g/mol. The van der Waals surface area contributed by atoms with Gasteiger partial charge in [-0.1, -0.05) is 50.8 Å². The van der Waals surface area contributed by atoms with Gasteiger partial charge in [-0.25, -0.2) is 0 Å². The Morgan fingerprint density at radius 2 is 1.44 bits per heavy atom. The molecule has 1 nitrogen and oxygen atoms in total. The lowest BCUT2D eigenvalue weighted by Crippen LogP contribution is -2.33. The van der Waals surface area contributed by atoms with E-state index in [0.29, 0.717) is 12.0 Å². The van der Waals surface area contributed by atoms with Crippen molar-refractivity contribution in [1.82, 2.24) is 0 Å². The van der Waals surface area contributed by atoms with Crippen LogP contribution in [0.2, 0.25) is 0 Å². The van der Waals surface area contributed by atoms with E-state index >= 15 is 0 Å². The molecule has 3 fully saturated rings. The first kappa shape index (κ1) is 21.2. The third kappa shape index (κ3) is 6.77. The highest BCUT2D eigenvalue weighted by Crippen LogP contribution is 2.37. The van der Waals surface area contributed by atoms with Gasteiger partial charge in [-0.15, -0.1) is 6.58 Å². The molecule has 1 heterocycles. The summed E-state index contributed by atoms with van der Waals surface area (Å²) >= 11 is 0. The van der Waals surface area contributed by atoms with Crippen molar-refractivity contribution in [2.24, 2.45) is 29.6 Å². The van der Waals surface area contributed by atoms with E-state index < -0.39 is 0 Å². The molecule has 0 aromatic rings. The molecule has 0 aromatic heterocycles. The summed E-state index contributed by atoms with van der Waals surface area (Å²) in [5.74, 6) is 4.12. The minimum Gasteiger partial charge on any atom is -0.377 e. The summed E-state index contributed by atoms with van der Waals surface area (Å²) in [4.78, 5) is 0. The highest BCUT2D eigenvalue weighted by molar-refractivity contribution is 4.97. The molecule has 27 heavy (non-hydrogen) atoms. The predicted molar refractivity (Wildman–Crippen MR) is 117 cm³/mol. The van der Waals surface area contributed by atoms with Crippen molar-refractivity contribution in [3.05, 3.63) is 24.8 Å². The number of ether oxygens (including phenoxy) is 1. The Labute approximate surface area is 169 Å². The molecule has 2 aliphatic carbocycles. The van der Waals surface area contributed by atoms with Gasteiger partial charge < -0.3 is 4.74 Å². The number of rotatable bonds is 8. The molecular formula is C26H44O. The summed E-state index contributed by atoms with van der Waals surface area (Å²) in [5.41, 5.74) is 0. The molecule has 3 rings (SSSR count). The molecule has 0 N–H and O–H groups in total. The Morgan fingerprint density at radius 3 is 2.07 bits per heavy atom. The van der Waals surface area contributed by atoms with Gasteiger partial charge in [-0.2, -0.15) is 0 Å². The third-order valence-corrected chi connectivity index (χ3v) is 7.78. The van der Waals surface area contributed by atoms with Gasteiger partial charge in [0.05, 0.1) is 12.7 Å². The Bertz CT molecular complexity index is 429. The fourth-order valence-electron chi connectivity index (χ4n) is 5.73. The fourth-order valence-corrected chi connectivity index (χ4v) is 5.73. The first-order valence-corrected chi connectivity index (χ1v) is 12.2. The van der Waals surface area contributed by atoms with Crippen LogP contribution in [0.5, 0.6) is 0 Å². The van der Waals surface area contributed by atoms with Crippen molar-refractivity contribution in [3.63, 3.8) is 0 Å². The summed E-state index contributed by atoms with van der Waals surface area (Å²) in [6.07, 6.45) is 27.3. The molecule has 3 aliphatic rings. The first-order valence-electron chi connectivity index (χ1n) is 12.2. The van der Waals surface area contributed by atoms with Gasteiger partial charge in [0.25, 0.3) is 0 Å². The third-order valence-electron chi connectivity index (χ3n) is 7.78. The molecule has 1 heteroatoms. The van der Waals surface area contributed by atoms with Crippen LogP contribution >= 0.6 is 0 Å². The van der Waals surface area contributed by atoms with Gasteiger partial charge in [0.15, 0.2) is 0 Å². The molecule has 2 atom stereocenters. The average molecular weight is 373 g/mol. The molecule has 2 saturated carbocycles. The number of hydrogen-bond acceptors (Lipinski definition) is 1. The average Bonchev–Trinajstić information content (AvgIpc) is 2.74. The van der Waals surface area contributed by atoms with Crippen LogP contribution in [0.1, 0.15) is 96.8 Å². The van der Waals surface area contributed by atoms with Crippen molar-refractivity contribution >= 4 is 0 Å². The molecule has 154 valence electrons. The predicted octanol–water partition coefficient (Wildman–Crippen LogP) is 7.72. The molecule has 0 amide bonds. The number of unbranched alkanes of at least 4 members (excludes halogenated alkanes) is 2. The van der Waals surface area contributed by atoms with Gasteiger partial charge >= 0.3 is 0 Å². The van der Waals surface area contributed by atoms with Gasteiger partial charge in [0.2, 0.25) is 0 Å². The van der Waals surface area contributed by atoms with E-state index in [1.54, 1.807) is 0 Å². The second-order valence-corrected chi connectivity index (χ2v) is 9.78. The zero-order chi connectivity index (χ0) is 18.9. The van der Waals surface area contributed by atoms with E-state index in [1.807, 2.05) is 0 Å². The van der Waals surface area contributed by atoms with E-state index in [-0.39, 0.29) is 0 Å². The van der Waals surface area contributed by atoms with Crippen LogP contribution < -0.4 is 0 Å². The minimum absolute atomic E-state index is 0.541. The van der Waals surface area contributed by atoms with E-state index in [9.17, 15) is 0 Å². The van der Waals surface area contributed by atoms with Crippen molar-refractivity contribution < 1.29 is 4.74 Å². The van der Waals surface area contributed by atoms with Gasteiger partial charge in [-0.3, -0.25) is 0 Å². The van der Waals surface area contributed by atoms with E-state index in [4.69, 9.17) is 4.74 Å². The maximum absolute atomic E-state index is 6.33. The van der Waals surface area contributed by atoms with Crippen LogP contribution in [0.25, 0.3) is 0 Å². The summed E-state index contributed by atoms with van der Waals surface area (Å²) in [5, 5.41) is 0. The second-order valence-electron chi connectivity index (χ2n) is 9.78. The normalized spacial score (nSPS) is 38.1. The summed E-state index contributed by atoms with van der Waals surface area (Å²) in [6, 6.07) is 0. The number of allylic oxidation sites excluding steroid dienone is 2. The lowest BCUT2D eigenvalue weighted by molar-refractivity contribution is -0.0479. The Kier molecular flexibility index (Phi) is 8.97. The maximum atomic E-state index is 6.33. The van der Waals surface area contributed by atoms with Crippen LogP contribution in [0.4, 0.5) is 0 Å². The minimum atomic E-state index is 0.541. The molecule has 0 aromatic carbocycles. The van der Waals surface area contributed by atoms with E-state index in [1.165, 1.54) is 89.9 Å². The van der Waals surface area contributed by atoms with Crippen molar-refractivity contribution in [2.45, 2.75) is 103 Å². The topological polar surface area (TPSA) is 9.23 Å². The van der Waals surface area contributed by atoms with E-state index in [2.05, 4.69) is 31.7 Å². The summed E-state index contributed by atoms with van der Waals surface area (Å²) < 4.78 is 6.33. The highest BCUT2D eigenvalue weighted by atomic mass is 16.5. The van der Waals surface area contributed by atoms with Gasteiger partial charge in [0, 0.05) is 5.92 Å². The monoisotopic (exact) mass is 372 g/mol. The zero-order valence-corrected chi connectivity index (χ0v) is 17.9. The zero-order valence-electron chi connectivity index (χ0n) is 17.9. The fraction of sp³-hybridized carbons (Fsp3) is 0.846. The van der Waals surface area contributed by atoms with Gasteiger partial charge in [0.1, 0.15) is 0 Å². The molecule has 2 unspecified atom stereocenters. The van der Waals surface area contributed by atoms with E-state index in [0.717, 1.165) is 30.3 Å². The lowest BCUT2D eigenvalue weighted by Gasteiger charge is -2.37. The van der Waals surface area contributed by atoms with Crippen molar-refractivity contribution in [2.75, 3.05) is 6.61 Å². The van der Waals surface area contributed by atoms with Gasteiger partial charge in [-0.05, 0) is 87.9 Å². The largest absolute Gasteiger partial charge is 0.377 e. The highest BCUT2D eigenvalue weighted by Gasteiger charge is 2.30. The van der Waals surface area contributed by atoms with Crippen LogP contribution in [-0.2, 0) is 4.74 Å². The Balaban J connectivity index is 1.31. The second kappa shape index (κ2) is 11.4. The smallest absolute Gasteiger partial charge is 0.0603 e. The van der Waals surface area contributed by atoms with Crippen LogP contribution in [0.3, 0.4) is 0 Å². The standard InChI is InChI=1S/C26H44O/c1-3-5-6-7-22-8-10-23(11-9-22)12-13-24-16-19-26(27-20-24)25-17-14-21(4-2)15-18-25/h4,12-13,21-26H,2-3,5-11,14-20H2,1H3/b13-12+. The van der Waals surface area contributed by atoms with Crippen LogP contribution in [0.15, 0.2) is 24.8 Å². The Hall–Kier alpha value is -0.560. The molecule has 1 aliphatic heterocycles. The molecule has 0 spiro atoms. The maximum Gasteiger partial charge on any atom is 0.0603 e. The first-order chi connectivity index (χ1) is 13.3. The SMILES string of the molecule is C=CC1CCC(C2CCC(/C=C/C3CCC(CCCCC)CC3)CO2)CC1. The molecule has 0 bridgehead atoms. The molecule has 1 saturated heterocycles.